The Labute approximate surface area is 120 Å². The van der Waals surface area contributed by atoms with Crippen LogP contribution >= 0.6 is 15.9 Å². The van der Waals surface area contributed by atoms with Gasteiger partial charge in [-0.2, -0.15) is 0 Å². The fourth-order valence-corrected chi connectivity index (χ4v) is 2.34. The van der Waals surface area contributed by atoms with Crippen molar-refractivity contribution >= 4 is 21.8 Å². The summed E-state index contributed by atoms with van der Waals surface area (Å²) in [4.78, 5) is 0. The second-order valence-electron chi connectivity index (χ2n) is 4.43. The third kappa shape index (κ3) is 3.84. The van der Waals surface area contributed by atoms with E-state index in [0.717, 1.165) is 23.9 Å². The number of benzene rings is 1. The van der Waals surface area contributed by atoms with Gasteiger partial charge in [0.1, 0.15) is 12.4 Å². The fraction of sp³-hybridized carbons (Fsp3) is 0.462. The van der Waals surface area contributed by atoms with Crippen molar-refractivity contribution in [1.82, 2.24) is 0 Å². The maximum Gasteiger partial charge on any atom is 0.173 e. The van der Waals surface area contributed by atoms with Gasteiger partial charge in [-0.1, -0.05) is 21.1 Å². The smallest absolute Gasteiger partial charge is 0.173 e. The van der Waals surface area contributed by atoms with Gasteiger partial charge < -0.3 is 20.4 Å². The van der Waals surface area contributed by atoms with Crippen LogP contribution in [0.1, 0.15) is 24.8 Å². The third-order valence-electron chi connectivity index (χ3n) is 3.03. The molecule has 1 saturated heterocycles. The fourth-order valence-electron chi connectivity index (χ4n) is 2.00. The molecule has 1 aromatic carbocycles. The van der Waals surface area contributed by atoms with Crippen molar-refractivity contribution < 1.29 is 14.7 Å². The van der Waals surface area contributed by atoms with Crippen molar-refractivity contribution in [2.24, 2.45) is 10.9 Å². The molecule has 5 nitrogen and oxygen atoms in total. The molecule has 0 spiro atoms. The largest absolute Gasteiger partial charge is 0.490 e. The average molecular weight is 329 g/mol. The van der Waals surface area contributed by atoms with Crippen molar-refractivity contribution in [2.75, 3.05) is 13.2 Å². The van der Waals surface area contributed by atoms with Crippen molar-refractivity contribution in [3.63, 3.8) is 0 Å². The highest BCUT2D eigenvalue weighted by Crippen LogP contribution is 2.24. The predicted octanol–water partition coefficient (Wildman–Crippen LogP) is 2.49. The standard InChI is InChI=1S/C13H17BrN2O3/c14-9-4-5-11(13(15)16-17)12(7-9)19-8-10-3-1-2-6-18-10/h4-5,7,10,17H,1-3,6,8H2,(H2,15,16). The second-order valence-corrected chi connectivity index (χ2v) is 5.34. The zero-order valence-electron chi connectivity index (χ0n) is 10.5. The summed E-state index contributed by atoms with van der Waals surface area (Å²) in [6.45, 7) is 1.27. The molecule has 19 heavy (non-hydrogen) atoms. The first kappa shape index (κ1) is 14.1. The molecule has 0 amide bonds. The second kappa shape index (κ2) is 6.77. The van der Waals surface area contributed by atoms with Crippen molar-refractivity contribution in [3.05, 3.63) is 28.2 Å². The molecular formula is C13H17BrN2O3. The van der Waals surface area contributed by atoms with Crippen LogP contribution in [0.3, 0.4) is 0 Å². The Hall–Kier alpha value is -1.27. The first-order chi connectivity index (χ1) is 9.20. The number of nitrogens with zero attached hydrogens (tertiary/aromatic N) is 1. The van der Waals surface area contributed by atoms with E-state index in [1.807, 2.05) is 6.07 Å². The number of hydrogen-bond donors (Lipinski definition) is 2. The molecule has 0 bridgehead atoms. The summed E-state index contributed by atoms with van der Waals surface area (Å²) in [5, 5.41) is 11.8. The topological polar surface area (TPSA) is 77.1 Å². The Morgan fingerprint density at radius 2 is 2.37 bits per heavy atom. The average Bonchev–Trinajstić information content (AvgIpc) is 2.45. The van der Waals surface area contributed by atoms with Crippen molar-refractivity contribution in [3.8, 4) is 5.75 Å². The van der Waals surface area contributed by atoms with Crippen LogP contribution in [0.15, 0.2) is 27.8 Å². The predicted molar refractivity (Wildman–Crippen MR) is 75.7 cm³/mol. The molecule has 0 saturated carbocycles. The summed E-state index contributed by atoms with van der Waals surface area (Å²) < 4.78 is 12.2. The molecule has 0 aliphatic carbocycles. The van der Waals surface area contributed by atoms with Crippen LogP contribution in [0.2, 0.25) is 0 Å². The van der Waals surface area contributed by atoms with E-state index in [0.29, 0.717) is 17.9 Å². The lowest BCUT2D eigenvalue weighted by atomic mass is 10.1. The highest BCUT2D eigenvalue weighted by Gasteiger charge is 2.16. The van der Waals surface area contributed by atoms with Crippen molar-refractivity contribution in [1.29, 1.82) is 0 Å². The Bertz CT molecular complexity index is 459. The molecule has 1 heterocycles. The van der Waals surface area contributed by atoms with E-state index in [-0.39, 0.29) is 11.9 Å². The van der Waals surface area contributed by atoms with E-state index in [9.17, 15) is 0 Å². The first-order valence-electron chi connectivity index (χ1n) is 6.22. The molecule has 3 N–H and O–H groups in total. The lowest BCUT2D eigenvalue weighted by Gasteiger charge is -2.23. The number of hydrogen-bond acceptors (Lipinski definition) is 4. The summed E-state index contributed by atoms with van der Waals surface area (Å²) in [6.07, 6.45) is 3.41. The molecule has 1 fully saturated rings. The minimum Gasteiger partial charge on any atom is -0.490 e. The summed E-state index contributed by atoms with van der Waals surface area (Å²) in [5.41, 5.74) is 6.20. The molecular weight excluding hydrogens is 312 g/mol. The van der Waals surface area contributed by atoms with Gasteiger partial charge in [-0.3, -0.25) is 0 Å². The van der Waals surface area contributed by atoms with Gasteiger partial charge in [0, 0.05) is 11.1 Å². The summed E-state index contributed by atoms with van der Waals surface area (Å²) in [7, 11) is 0. The van der Waals surface area contributed by atoms with Crippen molar-refractivity contribution in [2.45, 2.75) is 25.4 Å². The lowest BCUT2D eigenvalue weighted by Crippen LogP contribution is -2.26. The molecule has 1 aromatic rings. The lowest BCUT2D eigenvalue weighted by molar-refractivity contribution is -0.0111. The Balaban J connectivity index is 2.07. The van der Waals surface area contributed by atoms with E-state index in [1.54, 1.807) is 12.1 Å². The molecule has 6 heteroatoms. The van der Waals surface area contributed by atoms with Gasteiger partial charge in [-0.25, -0.2) is 0 Å². The van der Waals surface area contributed by atoms with Crippen LogP contribution in [0.4, 0.5) is 0 Å². The van der Waals surface area contributed by atoms with Crippen LogP contribution in [0, 0.1) is 0 Å². The molecule has 1 aliphatic rings. The summed E-state index contributed by atoms with van der Waals surface area (Å²) in [6, 6.07) is 5.36. The number of rotatable bonds is 4. The van der Waals surface area contributed by atoms with Gasteiger partial charge in [0.05, 0.1) is 11.7 Å². The van der Waals surface area contributed by atoms with Gasteiger partial charge in [-0.05, 0) is 37.5 Å². The van der Waals surface area contributed by atoms with Crippen LogP contribution in [0.5, 0.6) is 5.75 Å². The molecule has 0 radical (unpaired) electrons. The molecule has 2 rings (SSSR count). The normalized spacial score (nSPS) is 20.3. The number of halogens is 1. The zero-order valence-corrected chi connectivity index (χ0v) is 12.1. The summed E-state index contributed by atoms with van der Waals surface area (Å²) in [5.74, 6) is 0.617. The van der Waals surface area contributed by atoms with Gasteiger partial charge in [0.15, 0.2) is 5.84 Å². The van der Waals surface area contributed by atoms with Crippen LogP contribution in [0.25, 0.3) is 0 Å². The van der Waals surface area contributed by atoms with Gasteiger partial charge in [0.2, 0.25) is 0 Å². The molecule has 1 unspecified atom stereocenters. The number of amidine groups is 1. The van der Waals surface area contributed by atoms with Crippen LogP contribution in [-0.2, 0) is 4.74 Å². The molecule has 104 valence electrons. The third-order valence-corrected chi connectivity index (χ3v) is 3.52. The van der Waals surface area contributed by atoms with E-state index in [4.69, 9.17) is 20.4 Å². The Kier molecular flexibility index (Phi) is 5.04. The minimum atomic E-state index is 0.0343. The van der Waals surface area contributed by atoms with E-state index >= 15 is 0 Å². The van der Waals surface area contributed by atoms with E-state index in [1.165, 1.54) is 6.42 Å². The van der Waals surface area contributed by atoms with Gasteiger partial charge in [0.25, 0.3) is 0 Å². The van der Waals surface area contributed by atoms with Gasteiger partial charge in [-0.15, -0.1) is 0 Å². The maximum absolute atomic E-state index is 8.77. The molecule has 1 atom stereocenters. The Morgan fingerprint density at radius 1 is 1.53 bits per heavy atom. The highest BCUT2D eigenvalue weighted by molar-refractivity contribution is 9.10. The quantitative estimate of drug-likeness (QED) is 0.385. The van der Waals surface area contributed by atoms with Crippen LogP contribution in [-0.4, -0.2) is 30.4 Å². The molecule has 1 aliphatic heterocycles. The highest BCUT2D eigenvalue weighted by atomic mass is 79.9. The number of ether oxygens (including phenoxy) is 2. The maximum atomic E-state index is 8.77. The zero-order chi connectivity index (χ0) is 13.7. The molecule has 0 aromatic heterocycles. The monoisotopic (exact) mass is 328 g/mol. The van der Waals surface area contributed by atoms with E-state index in [2.05, 4.69) is 21.1 Å². The van der Waals surface area contributed by atoms with Gasteiger partial charge >= 0.3 is 0 Å². The number of nitrogens with two attached hydrogens (primary N) is 1. The minimum absolute atomic E-state index is 0.0343. The Morgan fingerprint density at radius 3 is 3.05 bits per heavy atom. The summed E-state index contributed by atoms with van der Waals surface area (Å²) >= 11 is 3.38. The van der Waals surface area contributed by atoms with Crippen LogP contribution < -0.4 is 10.5 Å². The van der Waals surface area contributed by atoms with E-state index < -0.39 is 0 Å². The number of oxime groups is 1. The first-order valence-corrected chi connectivity index (χ1v) is 7.02. The SMILES string of the molecule is N/C(=N/O)c1ccc(Br)cc1OCC1CCCCO1.